The number of benzene rings is 1. The Balaban J connectivity index is 2.19. The minimum atomic E-state index is 0.181. The maximum atomic E-state index is 5.59. The molecule has 0 aliphatic carbocycles. The van der Waals surface area contributed by atoms with Gasteiger partial charge in [-0.05, 0) is 24.3 Å². The summed E-state index contributed by atoms with van der Waals surface area (Å²) in [5, 5.41) is 0.722. The van der Waals surface area contributed by atoms with Crippen LogP contribution in [-0.2, 0) is 0 Å². The molecule has 0 atom stereocenters. The summed E-state index contributed by atoms with van der Waals surface area (Å²) >= 11 is 1.47. The molecular weight excluding hydrogens is 236 g/mol. The first-order valence-corrected chi connectivity index (χ1v) is 5.71. The molecule has 1 aromatic heterocycles. The number of nitrogens with two attached hydrogens (primary N) is 2. The predicted molar refractivity (Wildman–Crippen MR) is 68.0 cm³/mol. The van der Waals surface area contributed by atoms with Gasteiger partial charge in [-0.3, -0.25) is 0 Å². The summed E-state index contributed by atoms with van der Waals surface area (Å²) in [5.41, 5.74) is 11.1. The van der Waals surface area contributed by atoms with Crippen LogP contribution in [0.25, 0.3) is 0 Å². The van der Waals surface area contributed by atoms with Crippen molar-refractivity contribution in [1.29, 1.82) is 0 Å². The monoisotopic (exact) mass is 248 g/mol. The molecule has 0 aliphatic rings. The lowest BCUT2D eigenvalue weighted by molar-refractivity contribution is 0.414. The first kappa shape index (κ1) is 11.5. The molecule has 1 heterocycles. The fraction of sp³-hybridized carbons (Fsp3) is 0.0909. The Morgan fingerprint density at radius 2 is 1.82 bits per heavy atom. The van der Waals surface area contributed by atoms with E-state index in [1.165, 1.54) is 11.8 Å². The van der Waals surface area contributed by atoms with E-state index in [1.807, 2.05) is 24.3 Å². The third-order valence-corrected chi connectivity index (χ3v) is 2.95. The van der Waals surface area contributed by atoms with Crippen molar-refractivity contribution in [3.05, 3.63) is 30.3 Å². The van der Waals surface area contributed by atoms with Crippen molar-refractivity contribution in [3.63, 3.8) is 0 Å². The van der Waals surface area contributed by atoms with Crippen LogP contribution in [0.2, 0.25) is 0 Å². The Bertz CT molecular complexity index is 495. The van der Waals surface area contributed by atoms with Crippen molar-refractivity contribution in [1.82, 2.24) is 9.97 Å². The van der Waals surface area contributed by atoms with Gasteiger partial charge in [0.2, 0.25) is 5.95 Å². The molecule has 0 amide bonds. The lowest BCUT2D eigenvalue weighted by Gasteiger charge is -2.04. The molecule has 6 heteroatoms. The average molecular weight is 248 g/mol. The van der Waals surface area contributed by atoms with E-state index < -0.39 is 0 Å². The standard InChI is InChI=1S/C11H12N4OS/c1-16-7-2-4-8(5-3-7)17-10-6-9(12)14-11(13)15-10/h2-6H,1H3,(H4,12,13,14,15). The molecule has 0 fully saturated rings. The van der Waals surface area contributed by atoms with E-state index in [1.54, 1.807) is 13.2 Å². The molecule has 0 radical (unpaired) electrons. The van der Waals surface area contributed by atoms with Crippen LogP contribution in [-0.4, -0.2) is 17.1 Å². The predicted octanol–water partition coefficient (Wildman–Crippen LogP) is 1.80. The summed E-state index contributed by atoms with van der Waals surface area (Å²) < 4.78 is 5.08. The Kier molecular flexibility index (Phi) is 3.34. The number of anilines is 2. The number of nitrogen functional groups attached to an aromatic ring is 2. The number of rotatable bonds is 3. The molecule has 0 saturated heterocycles. The van der Waals surface area contributed by atoms with Crippen molar-refractivity contribution >= 4 is 23.5 Å². The fourth-order valence-corrected chi connectivity index (χ4v) is 2.11. The first-order valence-electron chi connectivity index (χ1n) is 4.89. The molecular formula is C11H12N4OS. The van der Waals surface area contributed by atoms with Gasteiger partial charge in [-0.2, -0.15) is 4.98 Å². The van der Waals surface area contributed by atoms with Crippen molar-refractivity contribution in [2.24, 2.45) is 0 Å². The zero-order chi connectivity index (χ0) is 12.3. The van der Waals surface area contributed by atoms with E-state index in [-0.39, 0.29) is 5.95 Å². The molecule has 4 N–H and O–H groups in total. The SMILES string of the molecule is COc1ccc(Sc2cc(N)nc(N)n2)cc1. The van der Waals surface area contributed by atoms with Gasteiger partial charge in [0, 0.05) is 11.0 Å². The maximum absolute atomic E-state index is 5.59. The van der Waals surface area contributed by atoms with E-state index >= 15 is 0 Å². The number of ether oxygens (including phenoxy) is 1. The molecule has 0 unspecified atom stereocenters. The van der Waals surface area contributed by atoms with Gasteiger partial charge in [0.1, 0.15) is 16.6 Å². The second kappa shape index (κ2) is 4.92. The molecule has 0 aliphatic heterocycles. The summed E-state index contributed by atoms with van der Waals surface area (Å²) in [7, 11) is 1.63. The van der Waals surface area contributed by atoms with Gasteiger partial charge in [0.05, 0.1) is 7.11 Å². The van der Waals surface area contributed by atoms with Gasteiger partial charge in [-0.1, -0.05) is 11.8 Å². The summed E-state index contributed by atoms with van der Waals surface area (Å²) in [6.45, 7) is 0. The highest BCUT2D eigenvalue weighted by molar-refractivity contribution is 7.99. The normalized spacial score (nSPS) is 10.2. The van der Waals surface area contributed by atoms with Crippen LogP contribution in [0, 0.1) is 0 Å². The Hall–Kier alpha value is -1.95. The van der Waals surface area contributed by atoms with Crippen molar-refractivity contribution in [2.75, 3.05) is 18.6 Å². The Labute approximate surface area is 103 Å². The van der Waals surface area contributed by atoms with Crippen LogP contribution in [0.15, 0.2) is 40.3 Å². The van der Waals surface area contributed by atoms with Gasteiger partial charge in [0.15, 0.2) is 0 Å². The molecule has 2 aromatic rings. The second-order valence-corrected chi connectivity index (χ2v) is 4.36. The first-order chi connectivity index (χ1) is 8.17. The van der Waals surface area contributed by atoms with Crippen molar-refractivity contribution in [3.8, 4) is 5.75 Å². The Morgan fingerprint density at radius 3 is 2.41 bits per heavy atom. The molecule has 88 valence electrons. The molecule has 2 rings (SSSR count). The third kappa shape index (κ3) is 3.01. The van der Waals surface area contributed by atoms with Crippen molar-refractivity contribution in [2.45, 2.75) is 9.92 Å². The average Bonchev–Trinajstić information content (AvgIpc) is 2.28. The number of aromatic nitrogens is 2. The van der Waals surface area contributed by atoms with Crippen LogP contribution in [0.4, 0.5) is 11.8 Å². The molecule has 5 nitrogen and oxygen atoms in total. The molecule has 1 aromatic carbocycles. The third-order valence-electron chi connectivity index (χ3n) is 2.02. The topological polar surface area (TPSA) is 87.0 Å². The Morgan fingerprint density at radius 1 is 1.12 bits per heavy atom. The number of nitrogens with zero attached hydrogens (tertiary/aromatic N) is 2. The highest BCUT2D eigenvalue weighted by Gasteiger charge is 2.02. The highest BCUT2D eigenvalue weighted by Crippen LogP contribution is 2.28. The quantitative estimate of drug-likeness (QED) is 0.805. The van der Waals surface area contributed by atoms with Crippen LogP contribution < -0.4 is 16.2 Å². The summed E-state index contributed by atoms with van der Waals surface area (Å²) in [6, 6.07) is 9.34. The summed E-state index contributed by atoms with van der Waals surface area (Å²) in [5.74, 6) is 1.37. The second-order valence-electron chi connectivity index (χ2n) is 3.27. The van der Waals surface area contributed by atoms with E-state index in [0.717, 1.165) is 15.7 Å². The fourth-order valence-electron chi connectivity index (χ4n) is 1.28. The van der Waals surface area contributed by atoms with E-state index in [2.05, 4.69) is 9.97 Å². The van der Waals surface area contributed by atoms with Gasteiger partial charge < -0.3 is 16.2 Å². The van der Waals surface area contributed by atoms with E-state index in [4.69, 9.17) is 16.2 Å². The van der Waals surface area contributed by atoms with E-state index in [0.29, 0.717) is 5.82 Å². The molecule has 0 saturated carbocycles. The van der Waals surface area contributed by atoms with Gasteiger partial charge in [0.25, 0.3) is 0 Å². The van der Waals surface area contributed by atoms with Gasteiger partial charge >= 0.3 is 0 Å². The van der Waals surface area contributed by atoms with E-state index in [9.17, 15) is 0 Å². The van der Waals surface area contributed by atoms with Crippen LogP contribution in [0.3, 0.4) is 0 Å². The molecule has 0 bridgehead atoms. The molecule has 17 heavy (non-hydrogen) atoms. The largest absolute Gasteiger partial charge is 0.497 e. The number of hydrogen-bond acceptors (Lipinski definition) is 6. The zero-order valence-electron chi connectivity index (χ0n) is 9.25. The number of methoxy groups -OCH3 is 1. The van der Waals surface area contributed by atoms with Gasteiger partial charge in [-0.25, -0.2) is 4.98 Å². The number of hydrogen-bond donors (Lipinski definition) is 2. The lowest BCUT2D eigenvalue weighted by atomic mass is 10.3. The zero-order valence-corrected chi connectivity index (χ0v) is 10.1. The van der Waals surface area contributed by atoms with Crippen LogP contribution in [0.1, 0.15) is 0 Å². The van der Waals surface area contributed by atoms with Crippen molar-refractivity contribution < 1.29 is 4.74 Å². The maximum Gasteiger partial charge on any atom is 0.223 e. The minimum absolute atomic E-state index is 0.181. The molecule has 0 spiro atoms. The van der Waals surface area contributed by atoms with Crippen LogP contribution in [0.5, 0.6) is 5.75 Å². The minimum Gasteiger partial charge on any atom is -0.497 e. The summed E-state index contributed by atoms with van der Waals surface area (Å²) in [4.78, 5) is 8.94. The summed E-state index contributed by atoms with van der Waals surface area (Å²) in [6.07, 6.45) is 0. The van der Waals surface area contributed by atoms with Crippen LogP contribution >= 0.6 is 11.8 Å². The van der Waals surface area contributed by atoms with Gasteiger partial charge in [-0.15, -0.1) is 0 Å². The smallest absolute Gasteiger partial charge is 0.223 e. The highest BCUT2D eigenvalue weighted by atomic mass is 32.2. The lowest BCUT2D eigenvalue weighted by Crippen LogP contribution is -1.99.